The Bertz CT molecular complexity index is 227. The van der Waals surface area contributed by atoms with Crippen molar-refractivity contribution < 1.29 is 4.79 Å². The lowest BCUT2D eigenvalue weighted by Gasteiger charge is -2.07. The summed E-state index contributed by atoms with van der Waals surface area (Å²) in [4.78, 5) is 10.9. The smallest absolute Gasteiger partial charge is 0.134 e. The molecule has 0 N–H and O–H groups in total. The van der Waals surface area contributed by atoms with Crippen LogP contribution in [-0.4, -0.2) is 5.78 Å². The molecule has 0 aliphatic heterocycles. The SMILES string of the molecule is C/C=C(/C)C(CC(C)=O)=C(C)C. The molecule has 0 saturated heterocycles. The van der Waals surface area contributed by atoms with Gasteiger partial charge in [-0.1, -0.05) is 17.2 Å². The van der Waals surface area contributed by atoms with E-state index in [-0.39, 0.29) is 5.78 Å². The van der Waals surface area contributed by atoms with E-state index in [0.29, 0.717) is 6.42 Å². The van der Waals surface area contributed by atoms with Crippen molar-refractivity contribution in [3.05, 3.63) is 22.8 Å². The number of ketones is 1. The molecule has 0 spiro atoms. The maximum Gasteiger partial charge on any atom is 0.134 e. The monoisotopic (exact) mass is 166 g/mol. The largest absolute Gasteiger partial charge is 0.300 e. The highest BCUT2D eigenvalue weighted by Crippen LogP contribution is 2.18. The van der Waals surface area contributed by atoms with E-state index in [1.165, 1.54) is 16.7 Å². The van der Waals surface area contributed by atoms with Gasteiger partial charge in [0.1, 0.15) is 5.78 Å². The van der Waals surface area contributed by atoms with Crippen molar-refractivity contribution in [2.45, 2.75) is 41.0 Å². The molecule has 0 amide bonds. The van der Waals surface area contributed by atoms with Gasteiger partial charge >= 0.3 is 0 Å². The van der Waals surface area contributed by atoms with Crippen LogP contribution in [0.3, 0.4) is 0 Å². The Morgan fingerprint density at radius 2 is 1.67 bits per heavy atom. The van der Waals surface area contributed by atoms with E-state index in [1.807, 2.05) is 33.8 Å². The lowest BCUT2D eigenvalue weighted by Crippen LogP contribution is -1.97. The van der Waals surface area contributed by atoms with E-state index >= 15 is 0 Å². The van der Waals surface area contributed by atoms with Crippen molar-refractivity contribution in [3.8, 4) is 0 Å². The summed E-state index contributed by atoms with van der Waals surface area (Å²) in [6, 6.07) is 0. The van der Waals surface area contributed by atoms with Gasteiger partial charge in [-0.05, 0) is 40.2 Å². The van der Waals surface area contributed by atoms with Gasteiger partial charge in [0.05, 0.1) is 0 Å². The molecule has 12 heavy (non-hydrogen) atoms. The minimum Gasteiger partial charge on any atom is -0.300 e. The molecule has 0 aromatic rings. The van der Waals surface area contributed by atoms with Crippen LogP contribution in [0.4, 0.5) is 0 Å². The van der Waals surface area contributed by atoms with Gasteiger partial charge in [0.15, 0.2) is 0 Å². The van der Waals surface area contributed by atoms with Crippen molar-refractivity contribution in [1.82, 2.24) is 0 Å². The van der Waals surface area contributed by atoms with Gasteiger partial charge in [-0.15, -0.1) is 0 Å². The molecule has 0 unspecified atom stereocenters. The van der Waals surface area contributed by atoms with Gasteiger partial charge in [0.2, 0.25) is 0 Å². The second-order valence-electron chi connectivity index (χ2n) is 3.33. The van der Waals surface area contributed by atoms with Crippen LogP contribution in [0.2, 0.25) is 0 Å². The third-order valence-corrected chi connectivity index (χ3v) is 1.94. The molecule has 68 valence electrons. The third-order valence-electron chi connectivity index (χ3n) is 1.94. The number of rotatable bonds is 3. The van der Waals surface area contributed by atoms with Crippen molar-refractivity contribution in [1.29, 1.82) is 0 Å². The summed E-state index contributed by atoms with van der Waals surface area (Å²) >= 11 is 0. The van der Waals surface area contributed by atoms with Crippen molar-refractivity contribution in [2.24, 2.45) is 0 Å². The van der Waals surface area contributed by atoms with Crippen LogP contribution in [0.5, 0.6) is 0 Å². The summed E-state index contributed by atoms with van der Waals surface area (Å²) < 4.78 is 0. The van der Waals surface area contributed by atoms with Crippen LogP contribution >= 0.6 is 0 Å². The molecule has 0 heterocycles. The lowest BCUT2D eigenvalue weighted by molar-refractivity contribution is -0.116. The normalized spacial score (nSPS) is 11.2. The number of carbonyl (C=O) groups excluding carboxylic acids is 1. The number of hydrogen-bond acceptors (Lipinski definition) is 1. The summed E-state index contributed by atoms with van der Waals surface area (Å²) in [6.45, 7) is 9.77. The third kappa shape index (κ3) is 3.51. The molecule has 1 heteroatoms. The number of allylic oxidation sites excluding steroid dienone is 4. The first-order valence-electron chi connectivity index (χ1n) is 4.28. The minimum atomic E-state index is 0.229. The van der Waals surface area contributed by atoms with Crippen LogP contribution < -0.4 is 0 Å². The maximum absolute atomic E-state index is 10.9. The number of Topliss-reactive ketones (excluding diaryl/α,β-unsaturated/α-hetero) is 1. The molecule has 0 rings (SSSR count). The molecule has 0 atom stereocenters. The molecular formula is C11H18O. The highest BCUT2D eigenvalue weighted by Gasteiger charge is 2.04. The Labute approximate surface area is 75.2 Å². The Hall–Kier alpha value is -0.850. The van der Waals surface area contributed by atoms with Crippen LogP contribution in [0.15, 0.2) is 22.8 Å². The summed E-state index contributed by atoms with van der Waals surface area (Å²) in [6.07, 6.45) is 2.61. The average Bonchev–Trinajstić information content (AvgIpc) is 1.98. The Kier molecular flexibility index (Phi) is 4.57. The topological polar surface area (TPSA) is 17.1 Å². The second kappa shape index (κ2) is 4.91. The first kappa shape index (κ1) is 11.2. The summed E-state index contributed by atoms with van der Waals surface area (Å²) in [5.74, 6) is 0.229. The quantitative estimate of drug-likeness (QED) is 0.588. The van der Waals surface area contributed by atoms with Crippen LogP contribution in [0.25, 0.3) is 0 Å². The van der Waals surface area contributed by atoms with E-state index in [0.717, 1.165) is 0 Å². The number of hydrogen-bond donors (Lipinski definition) is 0. The molecule has 0 aromatic heterocycles. The lowest BCUT2D eigenvalue weighted by atomic mass is 9.98. The molecule has 1 nitrogen and oxygen atoms in total. The highest BCUT2D eigenvalue weighted by molar-refractivity contribution is 5.79. The summed E-state index contributed by atoms with van der Waals surface area (Å²) in [5, 5.41) is 0. The fourth-order valence-corrected chi connectivity index (χ4v) is 1.13. The van der Waals surface area contributed by atoms with Gasteiger partial charge in [-0.2, -0.15) is 0 Å². The minimum absolute atomic E-state index is 0.229. The van der Waals surface area contributed by atoms with Gasteiger partial charge in [-0.3, -0.25) is 4.79 Å². The van der Waals surface area contributed by atoms with Crippen LogP contribution in [0, 0.1) is 0 Å². The molecule has 0 bridgehead atoms. The maximum atomic E-state index is 10.9. The molecular weight excluding hydrogens is 148 g/mol. The molecule has 0 aromatic carbocycles. The van der Waals surface area contributed by atoms with Crippen LogP contribution in [0.1, 0.15) is 41.0 Å². The van der Waals surface area contributed by atoms with E-state index in [9.17, 15) is 4.79 Å². The highest BCUT2D eigenvalue weighted by atomic mass is 16.1. The van der Waals surface area contributed by atoms with Gasteiger partial charge in [0.25, 0.3) is 0 Å². The predicted molar refractivity (Wildman–Crippen MR) is 53.1 cm³/mol. The zero-order valence-corrected chi connectivity index (χ0v) is 8.69. The first-order chi connectivity index (χ1) is 5.49. The Morgan fingerprint density at radius 1 is 1.17 bits per heavy atom. The molecule has 0 fully saturated rings. The standard InChI is InChI=1S/C11H18O/c1-6-9(4)11(8(2)3)7-10(5)12/h6H,7H2,1-5H3/b9-6-. The fourth-order valence-electron chi connectivity index (χ4n) is 1.13. The van der Waals surface area contributed by atoms with Crippen molar-refractivity contribution in [2.75, 3.05) is 0 Å². The van der Waals surface area contributed by atoms with Gasteiger partial charge < -0.3 is 0 Å². The zero-order chi connectivity index (χ0) is 9.72. The summed E-state index contributed by atoms with van der Waals surface area (Å²) in [5.41, 5.74) is 3.64. The van der Waals surface area contributed by atoms with E-state index in [1.54, 1.807) is 6.92 Å². The molecule has 0 radical (unpaired) electrons. The summed E-state index contributed by atoms with van der Waals surface area (Å²) in [7, 11) is 0. The molecule has 0 aliphatic carbocycles. The number of carbonyl (C=O) groups is 1. The molecule has 0 saturated carbocycles. The molecule has 0 aliphatic rings. The van der Waals surface area contributed by atoms with Gasteiger partial charge in [0, 0.05) is 6.42 Å². The Morgan fingerprint density at radius 3 is 1.92 bits per heavy atom. The van der Waals surface area contributed by atoms with Crippen LogP contribution in [-0.2, 0) is 4.79 Å². The average molecular weight is 166 g/mol. The predicted octanol–water partition coefficient (Wildman–Crippen LogP) is 3.27. The zero-order valence-electron chi connectivity index (χ0n) is 8.69. The van der Waals surface area contributed by atoms with E-state index < -0.39 is 0 Å². The van der Waals surface area contributed by atoms with Crippen molar-refractivity contribution >= 4 is 5.78 Å². The van der Waals surface area contributed by atoms with Crippen molar-refractivity contribution in [3.63, 3.8) is 0 Å². The first-order valence-corrected chi connectivity index (χ1v) is 4.28. The van der Waals surface area contributed by atoms with E-state index in [2.05, 4.69) is 0 Å². The second-order valence-corrected chi connectivity index (χ2v) is 3.33. The van der Waals surface area contributed by atoms with E-state index in [4.69, 9.17) is 0 Å². The fraction of sp³-hybridized carbons (Fsp3) is 0.545. The Balaban J connectivity index is 4.71. The van der Waals surface area contributed by atoms with Gasteiger partial charge in [-0.25, -0.2) is 0 Å².